The number of nitrogens with one attached hydrogen (secondary N) is 1. The lowest BCUT2D eigenvalue weighted by Crippen LogP contribution is -2.52. The summed E-state index contributed by atoms with van der Waals surface area (Å²) in [6.07, 6.45) is -0.166. The largest absolute Gasteiger partial charge is 0.356 e. The van der Waals surface area contributed by atoms with Crippen LogP contribution in [0.3, 0.4) is 0 Å². The van der Waals surface area contributed by atoms with E-state index in [1.165, 1.54) is 4.90 Å². The third-order valence-electron chi connectivity index (χ3n) is 3.98. The van der Waals surface area contributed by atoms with Gasteiger partial charge in [-0.05, 0) is 5.56 Å². The van der Waals surface area contributed by atoms with Gasteiger partial charge in [0.05, 0.1) is 12.6 Å². The van der Waals surface area contributed by atoms with Gasteiger partial charge in [-0.1, -0.05) is 42.4 Å². The van der Waals surface area contributed by atoms with Gasteiger partial charge in [-0.3, -0.25) is 9.59 Å². The van der Waals surface area contributed by atoms with Crippen LogP contribution in [0.1, 0.15) is 30.2 Å². The Hall–Kier alpha value is -2.74. The van der Waals surface area contributed by atoms with Crippen LogP contribution in [-0.2, 0) is 27.3 Å². The summed E-state index contributed by atoms with van der Waals surface area (Å²) in [5.74, 6) is 0.464. The SMILES string of the molecule is CCc1nc(CN(C)C(=O)C2OCC(=O)NC2c2ccccc2)no1. The van der Waals surface area contributed by atoms with Crippen LogP contribution in [0.5, 0.6) is 0 Å². The molecule has 0 radical (unpaired) electrons. The third kappa shape index (κ3) is 3.85. The summed E-state index contributed by atoms with van der Waals surface area (Å²) in [5.41, 5.74) is 0.815. The highest BCUT2D eigenvalue weighted by Gasteiger charge is 2.37. The molecule has 2 amide bonds. The Morgan fingerprint density at radius 3 is 2.80 bits per heavy atom. The lowest BCUT2D eigenvalue weighted by molar-refractivity contribution is -0.154. The Bertz CT molecular complexity index is 746. The van der Waals surface area contributed by atoms with Gasteiger partial charge in [0.1, 0.15) is 6.61 Å². The number of aromatic nitrogens is 2. The first-order valence-corrected chi connectivity index (χ1v) is 8.11. The Kier molecular flexibility index (Phi) is 5.08. The van der Waals surface area contributed by atoms with Crippen molar-refractivity contribution in [3.05, 3.63) is 47.6 Å². The fraction of sp³-hybridized carbons (Fsp3) is 0.412. The van der Waals surface area contributed by atoms with Crippen LogP contribution in [-0.4, -0.2) is 46.6 Å². The zero-order valence-electron chi connectivity index (χ0n) is 14.1. The normalized spacial score (nSPS) is 20.2. The molecule has 132 valence electrons. The highest BCUT2D eigenvalue weighted by molar-refractivity contribution is 5.86. The molecule has 1 aromatic heterocycles. The molecule has 1 saturated heterocycles. The second-order valence-corrected chi connectivity index (χ2v) is 5.84. The molecule has 1 aliphatic rings. The topological polar surface area (TPSA) is 97.6 Å². The van der Waals surface area contributed by atoms with E-state index in [4.69, 9.17) is 9.26 Å². The van der Waals surface area contributed by atoms with Crippen molar-refractivity contribution in [2.75, 3.05) is 13.7 Å². The number of nitrogens with zero attached hydrogens (tertiary/aromatic N) is 3. The fourth-order valence-corrected chi connectivity index (χ4v) is 2.69. The molecule has 8 nitrogen and oxygen atoms in total. The first-order valence-electron chi connectivity index (χ1n) is 8.11. The molecule has 0 aliphatic carbocycles. The number of morpholine rings is 1. The van der Waals surface area contributed by atoms with E-state index in [1.807, 2.05) is 37.3 Å². The average molecular weight is 344 g/mol. The summed E-state index contributed by atoms with van der Waals surface area (Å²) in [5, 5.41) is 6.69. The van der Waals surface area contributed by atoms with E-state index in [2.05, 4.69) is 15.5 Å². The highest BCUT2D eigenvalue weighted by Crippen LogP contribution is 2.24. The van der Waals surface area contributed by atoms with Crippen molar-refractivity contribution in [1.29, 1.82) is 0 Å². The number of aryl methyl sites for hydroxylation is 1. The molecule has 0 saturated carbocycles. The van der Waals surface area contributed by atoms with Gasteiger partial charge >= 0.3 is 0 Å². The van der Waals surface area contributed by atoms with Crippen molar-refractivity contribution in [2.45, 2.75) is 32.0 Å². The minimum absolute atomic E-state index is 0.143. The van der Waals surface area contributed by atoms with Gasteiger partial charge in [0, 0.05) is 13.5 Å². The summed E-state index contributed by atoms with van der Waals surface area (Å²) in [6, 6.07) is 8.76. The minimum Gasteiger partial charge on any atom is -0.356 e. The van der Waals surface area contributed by atoms with E-state index in [9.17, 15) is 9.59 Å². The molecule has 2 aromatic rings. The molecule has 2 heterocycles. The molecule has 1 N–H and O–H groups in total. The number of rotatable bonds is 5. The highest BCUT2D eigenvalue weighted by atomic mass is 16.5. The molecule has 8 heteroatoms. The second-order valence-electron chi connectivity index (χ2n) is 5.84. The number of carbonyl (C=O) groups excluding carboxylic acids is 2. The second kappa shape index (κ2) is 7.43. The first-order chi connectivity index (χ1) is 12.1. The predicted molar refractivity (Wildman–Crippen MR) is 87.2 cm³/mol. The monoisotopic (exact) mass is 344 g/mol. The number of carbonyl (C=O) groups is 2. The van der Waals surface area contributed by atoms with Gasteiger partial charge in [-0.2, -0.15) is 4.98 Å². The summed E-state index contributed by atoms with van der Waals surface area (Å²) in [7, 11) is 1.64. The van der Waals surface area contributed by atoms with Gasteiger partial charge in [-0.15, -0.1) is 0 Å². The number of likely N-dealkylation sites (N-methyl/N-ethyl adjacent to an activating group) is 1. The number of amides is 2. The van der Waals surface area contributed by atoms with E-state index in [0.717, 1.165) is 5.56 Å². The number of ether oxygens (including phenoxy) is 1. The van der Waals surface area contributed by atoms with Gasteiger partial charge in [0.15, 0.2) is 11.9 Å². The molecule has 1 fully saturated rings. The van der Waals surface area contributed by atoms with E-state index < -0.39 is 12.1 Å². The van der Waals surface area contributed by atoms with E-state index >= 15 is 0 Å². The molecule has 2 atom stereocenters. The molecule has 25 heavy (non-hydrogen) atoms. The molecule has 2 unspecified atom stereocenters. The molecule has 3 rings (SSSR count). The van der Waals surface area contributed by atoms with Crippen molar-refractivity contribution >= 4 is 11.8 Å². The summed E-state index contributed by atoms with van der Waals surface area (Å²) < 4.78 is 10.6. The van der Waals surface area contributed by atoms with Crippen molar-refractivity contribution < 1.29 is 18.8 Å². The maximum atomic E-state index is 12.8. The molecular formula is C17H20N4O4. The van der Waals surface area contributed by atoms with Crippen LogP contribution in [0.2, 0.25) is 0 Å². The zero-order valence-corrected chi connectivity index (χ0v) is 14.1. The Labute approximate surface area is 145 Å². The first kappa shape index (κ1) is 17.1. The van der Waals surface area contributed by atoms with Crippen molar-refractivity contribution in [3.63, 3.8) is 0 Å². The lowest BCUT2D eigenvalue weighted by atomic mass is 9.99. The van der Waals surface area contributed by atoms with Crippen molar-refractivity contribution in [1.82, 2.24) is 20.4 Å². The zero-order chi connectivity index (χ0) is 17.8. The van der Waals surface area contributed by atoms with Crippen LogP contribution in [0.25, 0.3) is 0 Å². The van der Waals surface area contributed by atoms with Gasteiger partial charge in [-0.25, -0.2) is 0 Å². The smallest absolute Gasteiger partial charge is 0.254 e. The van der Waals surface area contributed by atoms with Gasteiger partial charge in [0.25, 0.3) is 5.91 Å². The van der Waals surface area contributed by atoms with Gasteiger partial charge < -0.3 is 19.5 Å². The maximum absolute atomic E-state index is 12.8. The van der Waals surface area contributed by atoms with E-state index in [1.54, 1.807) is 7.05 Å². The average Bonchev–Trinajstić information content (AvgIpc) is 3.09. The predicted octanol–water partition coefficient (Wildman–Crippen LogP) is 0.847. The molecule has 1 aromatic carbocycles. The van der Waals surface area contributed by atoms with Gasteiger partial charge in [0.2, 0.25) is 11.8 Å². The molecular weight excluding hydrogens is 324 g/mol. The minimum atomic E-state index is -0.803. The molecule has 0 spiro atoms. The Morgan fingerprint density at radius 1 is 1.36 bits per heavy atom. The van der Waals surface area contributed by atoms with E-state index in [0.29, 0.717) is 18.1 Å². The van der Waals surface area contributed by atoms with Crippen LogP contribution >= 0.6 is 0 Å². The summed E-state index contributed by atoms with van der Waals surface area (Å²) >= 11 is 0. The van der Waals surface area contributed by atoms with Crippen LogP contribution in [0.15, 0.2) is 34.9 Å². The summed E-state index contributed by atoms with van der Waals surface area (Å²) in [4.78, 5) is 30.2. The van der Waals surface area contributed by atoms with E-state index in [-0.39, 0.29) is 25.0 Å². The Morgan fingerprint density at radius 2 is 2.12 bits per heavy atom. The fourth-order valence-electron chi connectivity index (χ4n) is 2.69. The molecule has 0 bridgehead atoms. The molecule has 1 aliphatic heterocycles. The van der Waals surface area contributed by atoms with Crippen molar-refractivity contribution in [2.24, 2.45) is 0 Å². The lowest BCUT2D eigenvalue weighted by Gasteiger charge is -2.33. The number of benzene rings is 1. The van der Waals surface area contributed by atoms with Crippen LogP contribution in [0.4, 0.5) is 0 Å². The third-order valence-corrected chi connectivity index (χ3v) is 3.98. The quantitative estimate of drug-likeness (QED) is 0.863. The maximum Gasteiger partial charge on any atom is 0.254 e. The summed E-state index contributed by atoms with van der Waals surface area (Å²) in [6.45, 7) is 1.97. The van der Waals surface area contributed by atoms with Crippen LogP contribution in [0, 0.1) is 0 Å². The number of hydrogen-bond acceptors (Lipinski definition) is 6. The van der Waals surface area contributed by atoms with Crippen LogP contribution < -0.4 is 5.32 Å². The standard InChI is InChI=1S/C17H20N4O4/c1-3-14-18-12(20-25-14)9-21(2)17(23)16-15(19-13(22)10-24-16)11-7-5-4-6-8-11/h4-8,15-16H,3,9-10H2,1-2H3,(H,19,22). The number of hydrogen-bond donors (Lipinski definition) is 1. The van der Waals surface area contributed by atoms with Crippen molar-refractivity contribution in [3.8, 4) is 0 Å². The Balaban J connectivity index is 1.74.